The maximum absolute atomic E-state index is 6.37. The van der Waals surface area contributed by atoms with Crippen LogP contribution in [0.15, 0.2) is 42.5 Å². The largest absolute Gasteiger partial charge is 0.497 e. The number of hydrogen-bond donors (Lipinski definition) is 1. The van der Waals surface area contributed by atoms with Crippen molar-refractivity contribution in [3.05, 3.63) is 59.2 Å². The molecular weight excluding hydrogens is 250 g/mol. The highest BCUT2D eigenvalue weighted by molar-refractivity contribution is 5.44. The number of nitrogens with two attached hydrogens (primary N) is 1. The fourth-order valence-electron chi connectivity index (χ4n) is 2.66. The summed E-state index contributed by atoms with van der Waals surface area (Å²) in [5.41, 5.74) is 9.77. The average Bonchev–Trinajstić information content (AvgIpc) is 2.85. The standard InChI is InChI=1S/C17H19NO2/c1-11-8-14-9-13(6-7-16(14)20-11)17(18)12-4-3-5-15(10-12)19-2/h3-7,9-11,17H,8,18H2,1-2H3. The van der Waals surface area contributed by atoms with Gasteiger partial charge in [0, 0.05) is 6.42 Å². The van der Waals surface area contributed by atoms with E-state index in [2.05, 4.69) is 13.0 Å². The van der Waals surface area contributed by atoms with Crippen molar-refractivity contribution in [2.45, 2.75) is 25.5 Å². The number of rotatable bonds is 3. The Hall–Kier alpha value is -2.00. The van der Waals surface area contributed by atoms with Crippen LogP contribution in [-0.4, -0.2) is 13.2 Å². The Kier molecular flexibility index (Phi) is 3.36. The van der Waals surface area contributed by atoms with Crippen LogP contribution in [0.3, 0.4) is 0 Å². The Bertz CT molecular complexity index is 624. The Morgan fingerprint density at radius 3 is 2.80 bits per heavy atom. The van der Waals surface area contributed by atoms with Crippen molar-refractivity contribution in [3.8, 4) is 11.5 Å². The van der Waals surface area contributed by atoms with Crippen molar-refractivity contribution in [2.75, 3.05) is 7.11 Å². The van der Waals surface area contributed by atoms with Crippen LogP contribution in [0, 0.1) is 0 Å². The molecule has 0 aliphatic carbocycles. The molecule has 3 rings (SSSR count). The molecule has 0 bridgehead atoms. The van der Waals surface area contributed by atoms with Crippen molar-refractivity contribution < 1.29 is 9.47 Å². The molecule has 0 aromatic heterocycles. The van der Waals surface area contributed by atoms with Gasteiger partial charge in [0.25, 0.3) is 0 Å². The molecule has 3 nitrogen and oxygen atoms in total. The van der Waals surface area contributed by atoms with Gasteiger partial charge >= 0.3 is 0 Å². The normalized spacial score (nSPS) is 18.2. The van der Waals surface area contributed by atoms with Gasteiger partial charge in [0.1, 0.15) is 17.6 Å². The number of hydrogen-bond acceptors (Lipinski definition) is 3. The summed E-state index contributed by atoms with van der Waals surface area (Å²) in [5, 5.41) is 0. The van der Waals surface area contributed by atoms with Crippen molar-refractivity contribution in [1.82, 2.24) is 0 Å². The molecule has 1 heterocycles. The van der Waals surface area contributed by atoms with Crippen molar-refractivity contribution in [1.29, 1.82) is 0 Å². The lowest BCUT2D eigenvalue weighted by molar-refractivity contribution is 0.254. The molecule has 0 saturated heterocycles. The second-order valence-electron chi connectivity index (χ2n) is 5.25. The summed E-state index contributed by atoms with van der Waals surface area (Å²) >= 11 is 0. The van der Waals surface area contributed by atoms with E-state index >= 15 is 0 Å². The zero-order valence-electron chi connectivity index (χ0n) is 11.8. The molecular formula is C17H19NO2. The summed E-state index contributed by atoms with van der Waals surface area (Å²) in [5.74, 6) is 1.81. The SMILES string of the molecule is COc1cccc(C(N)c2ccc3c(c2)CC(C)O3)c1. The Balaban J connectivity index is 1.91. The van der Waals surface area contributed by atoms with E-state index in [1.54, 1.807) is 7.11 Å². The number of methoxy groups -OCH3 is 1. The van der Waals surface area contributed by atoms with Crippen LogP contribution in [-0.2, 0) is 6.42 Å². The molecule has 2 atom stereocenters. The van der Waals surface area contributed by atoms with Crippen LogP contribution >= 0.6 is 0 Å². The molecule has 2 aromatic rings. The minimum atomic E-state index is -0.147. The summed E-state index contributed by atoms with van der Waals surface area (Å²) in [7, 11) is 1.67. The molecule has 0 saturated carbocycles. The predicted molar refractivity (Wildman–Crippen MR) is 79.3 cm³/mol. The zero-order chi connectivity index (χ0) is 14.1. The van der Waals surface area contributed by atoms with Gasteiger partial charge in [-0.2, -0.15) is 0 Å². The van der Waals surface area contributed by atoms with Crippen LogP contribution in [0.25, 0.3) is 0 Å². The van der Waals surface area contributed by atoms with E-state index in [0.29, 0.717) is 0 Å². The molecule has 20 heavy (non-hydrogen) atoms. The van der Waals surface area contributed by atoms with Gasteiger partial charge < -0.3 is 15.2 Å². The lowest BCUT2D eigenvalue weighted by Gasteiger charge is -2.14. The highest BCUT2D eigenvalue weighted by Gasteiger charge is 2.20. The van der Waals surface area contributed by atoms with E-state index in [4.69, 9.17) is 15.2 Å². The first-order valence-electron chi connectivity index (χ1n) is 6.86. The summed E-state index contributed by atoms with van der Waals surface area (Å²) < 4.78 is 11.0. The van der Waals surface area contributed by atoms with Crippen LogP contribution in [0.2, 0.25) is 0 Å². The summed E-state index contributed by atoms with van der Waals surface area (Å²) in [6.07, 6.45) is 1.21. The maximum atomic E-state index is 6.37. The molecule has 0 spiro atoms. The van der Waals surface area contributed by atoms with E-state index in [-0.39, 0.29) is 12.1 Å². The van der Waals surface area contributed by atoms with Crippen molar-refractivity contribution in [3.63, 3.8) is 0 Å². The molecule has 3 heteroatoms. The maximum Gasteiger partial charge on any atom is 0.123 e. The van der Waals surface area contributed by atoms with Gasteiger partial charge in [-0.1, -0.05) is 24.3 Å². The fourth-order valence-corrected chi connectivity index (χ4v) is 2.66. The average molecular weight is 269 g/mol. The van der Waals surface area contributed by atoms with Gasteiger partial charge in [-0.05, 0) is 41.8 Å². The van der Waals surface area contributed by atoms with Crippen molar-refractivity contribution in [2.24, 2.45) is 5.73 Å². The molecule has 2 aromatic carbocycles. The molecule has 104 valence electrons. The molecule has 0 radical (unpaired) electrons. The molecule has 2 unspecified atom stereocenters. The van der Waals surface area contributed by atoms with Crippen LogP contribution in [0.4, 0.5) is 0 Å². The quantitative estimate of drug-likeness (QED) is 0.931. The van der Waals surface area contributed by atoms with Crippen LogP contribution in [0.5, 0.6) is 11.5 Å². The fraction of sp³-hybridized carbons (Fsp3) is 0.294. The third kappa shape index (κ3) is 2.37. The highest BCUT2D eigenvalue weighted by Crippen LogP contribution is 2.32. The van der Waals surface area contributed by atoms with Gasteiger partial charge in [0.15, 0.2) is 0 Å². The molecule has 2 N–H and O–H groups in total. The van der Waals surface area contributed by atoms with Gasteiger partial charge in [-0.15, -0.1) is 0 Å². The molecule has 1 aliphatic rings. The van der Waals surface area contributed by atoms with Gasteiger partial charge in [0.05, 0.1) is 13.2 Å². The summed E-state index contributed by atoms with van der Waals surface area (Å²) in [6.45, 7) is 2.08. The second kappa shape index (κ2) is 5.17. The van der Waals surface area contributed by atoms with Crippen molar-refractivity contribution >= 4 is 0 Å². The van der Waals surface area contributed by atoms with Crippen LogP contribution in [0.1, 0.15) is 29.7 Å². The van der Waals surface area contributed by atoms with E-state index in [0.717, 1.165) is 29.0 Å². The smallest absolute Gasteiger partial charge is 0.123 e. The minimum absolute atomic E-state index is 0.147. The number of fused-ring (bicyclic) bond motifs is 1. The third-order valence-electron chi connectivity index (χ3n) is 3.73. The first-order valence-corrected chi connectivity index (χ1v) is 6.86. The molecule has 0 amide bonds. The Morgan fingerprint density at radius 2 is 2.00 bits per heavy atom. The zero-order valence-corrected chi connectivity index (χ0v) is 11.8. The summed E-state index contributed by atoms with van der Waals surface area (Å²) in [4.78, 5) is 0. The highest BCUT2D eigenvalue weighted by atomic mass is 16.5. The topological polar surface area (TPSA) is 44.5 Å². The summed E-state index contributed by atoms with van der Waals surface area (Å²) in [6, 6.07) is 14.0. The number of ether oxygens (including phenoxy) is 2. The third-order valence-corrected chi connectivity index (χ3v) is 3.73. The Morgan fingerprint density at radius 1 is 1.20 bits per heavy atom. The Labute approximate surface area is 119 Å². The lowest BCUT2D eigenvalue weighted by atomic mass is 9.97. The first-order chi connectivity index (χ1) is 9.67. The minimum Gasteiger partial charge on any atom is -0.497 e. The number of benzene rings is 2. The van der Waals surface area contributed by atoms with Gasteiger partial charge in [-0.3, -0.25) is 0 Å². The van der Waals surface area contributed by atoms with E-state index in [1.165, 1.54) is 5.56 Å². The monoisotopic (exact) mass is 269 g/mol. The van der Waals surface area contributed by atoms with E-state index < -0.39 is 0 Å². The van der Waals surface area contributed by atoms with Crippen LogP contribution < -0.4 is 15.2 Å². The van der Waals surface area contributed by atoms with E-state index in [1.807, 2.05) is 36.4 Å². The van der Waals surface area contributed by atoms with E-state index in [9.17, 15) is 0 Å². The second-order valence-corrected chi connectivity index (χ2v) is 5.25. The molecule has 1 aliphatic heterocycles. The van der Waals surface area contributed by atoms with Gasteiger partial charge in [0.2, 0.25) is 0 Å². The van der Waals surface area contributed by atoms with Gasteiger partial charge in [-0.25, -0.2) is 0 Å². The lowest BCUT2D eigenvalue weighted by Crippen LogP contribution is -2.12. The first kappa shape index (κ1) is 13.0. The predicted octanol–water partition coefficient (Wildman–Crippen LogP) is 3.07. The molecule has 0 fully saturated rings.